The molecule has 2 aromatic carbocycles. The Balaban J connectivity index is 0.000000806. The molecule has 5 heteroatoms. The van der Waals surface area contributed by atoms with Gasteiger partial charge in [-0.2, -0.15) is 0 Å². The third-order valence-corrected chi connectivity index (χ3v) is 5.00. The summed E-state index contributed by atoms with van der Waals surface area (Å²) in [5.41, 5.74) is 5.81. The fourth-order valence-corrected chi connectivity index (χ4v) is 3.45. The van der Waals surface area contributed by atoms with E-state index in [2.05, 4.69) is 52.0 Å². The van der Waals surface area contributed by atoms with E-state index in [1.165, 1.54) is 0 Å². The number of benzene rings is 2. The Morgan fingerprint density at radius 2 is 1.70 bits per heavy atom. The second-order valence-electron chi connectivity index (χ2n) is 7.60. The Kier molecular flexibility index (Phi) is 7.20. The standard InChI is InChI=1S/C23H21N3O.C2H6O/c1-15(2)20(14-27)19-12-22(24-13-19)17-8-9-21-18(10-17)11-23(26-25-21)16-6-4-3-5-7-16;1-3-2/h3-12,14-15,20H,13H2,1-2H3;1-2H3. The molecule has 0 bridgehead atoms. The molecule has 0 amide bonds. The van der Waals surface area contributed by atoms with Crippen LogP contribution in [0.3, 0.4) is 0 Å². The number of aliphatic imine (C=N–C) groups is 1. The topological polar surface area (TPSA) is 64.4 Å². The van der Waals surface area contributed by atoms with Gasteiger partial charge in [-0.1, -0.05) is 50.2 Å². The van der Waals surface area contributed by atoms with Gasteiger partial charge in [-0.15, -0.1) is 10.2 Å². The average molecular weight is 402 g/mol. The number of aldehydes is 1. The summed E-state index contributed by atoms with van der Waals surface area (Å²) in [4.78, 5) is 16.1. The summed E-state index contributed by atoms with van der Waals surface area (Å²) >= 11 is 0. The monoisotopic (exact) mass is 401 g/mol. The van der Waals surface area contributed by atoms with E-state index >= 15 is 0 Å². The molecule has 2 heterocycles. The van der Waals surface area contributed by atoms with Crippen LogP contribution < -0.4 is 0 Å². The summed E-state index contributed by atoms with van der Waals surface area (Å²) in [6.07, 6.45) is 3.10. The number of ether oxygens (including phenoxy) is 1. The number of aromatic nitrogens is 2. The van der Waals surface area contributed by atoms with Crippen molar-refractivity contribution in [3.8, 4) is 11.3 Å². The number of methoxy groups -OCH3 is 1. The van der Waals surface area contributed by atoms with Crippen molar-refractivity contribution in [1.82, 2.24) is 10.2 Å². The van der Waals surface area contributed by atoms with Crippen LogP contribution in [0, 0.1) is 11.8 Å². The van der Waals surface area contributed by atoms with Crippen LogP contribution in [0.15, 0.2) is 71.2 Å². The van der Waals surface area contributed by atoms with E-state index in [9.17, 15) is 4.79 Å². The molecule has 1 aliphatic rings. The van der Waals surface area contributed by atoms with E-state index in [1.54, 1.807) is 14.2 Å². The minimum absolute atomic E-state index is 0.0674. The van der Waals surface area contributed by atoms with Crippen molar-refractivity contribution in [3.05, 3.63) is 71.8 Å². The quantitative estimate of drug-likeness (QED) is 0.578. The van der Waals surface area contributed by atoms with Crippen molar-refractivity contribution in [2.75, 3.05) is 20.8 Å². The number of fused-ring (bicyclic) bond motifs is 1. The van der Waals surface area contributed by atoms with E-state index < -0.39 is 0 Å². The molecule has 5 nitrogen and oxygen atoms in total. The van der Waals surface area contributed by atoms with E-state index in [4.69, 9.17) is 0 Å². The molecular weight excluding hydrogens is 374 g/mol. The first-order valence-corrected chi connectivity index (χ1v) is 10.0. The van der Waals surface area contributed by atoms with Gasteiger partial charge in [-0.25, -0.2) is 0 Å². The van der Waals surface area contributed by atoms with Gasteiger partial charge in [-0.05, 0) is 35.8 Å². The van der Waals surface area contributed by atoms with Crippen molar-refractivity contribution in [1.29, 1.82) is 0 Å². The molecule has 0 N–H and O–H groups in total. The van der Waals surface area contributed by atoms with Gasteiger partial charge in [0.25, 0.3) is 0 Å². The number of rotatable bonds is 5. The fraction of sp³-hybridized carbons (Fsp3) is 0.280. The minimum atomic E-state index is -0.0674. The first-order chi connectivity index (χ1) is 14.6. The van der Waals surface area contributed by atoms with E-state index in [-0.39, 0.29) is 11.8 Å². The fourth-order valence-electron chi connectivity index (χ4n) is 3.45. The molecule has 0 saturated carbocycles. The third-order valence-electron chi connectivity index (χ3n) is 5.00. The van der Waals surface area contributed by atoms with Gasteiger partial charge in [0.15, 0.2) is 0 Å². The van der Waals surface area contributed by atoms with Gasteiger partial charge < -0.3 is 9.53 Å². The Hall–Kier alpha value is -3.18. The molecule has 4 rings (SSSR count). The maximum atomic E-state index is 11.4. The molecular formula is C25H27N3O2. The predicted octanol–water partition coefficient (Wildman–Crippen LogP) is 4.76. The molecule has 1 unspecified atom stereocenters. The molecule has 0 aliphatic carbocycles. The first-order valence-electron chi connectivity index (χ1n) is 10.0. The van der Waals surface area contributed by atoms with Gasteiger partial charge in [0.05, 0.1) is 23.5 Å². The van der Waals surface area contributed by atoms with Gasteiger partial charge in [0, 0.05) is 36.7 Å². The number of carbonyl (C=O) groups excluding carboxylic acids is 1. The molecule has 0 radical (unpaired) electrons. The zero-order valence-electron chi connectivity index (χ0n) is 17.9. The van der Waals surface area contributed by atoms with Crippen LogP contribution in [0.1, 0.15) is 19.4 Å². The predicted molar refractivity (Wildman–Crippen MR) is 122 cm³/mol. The lowest BCUT2D eigenvalue weighted by Gasteiger charge is -2.14. The highest BCUT2D eigenvalue weighted by molar-refractivity contribution is 6.12. The molecule has 3 aromatic rings. The van der Waals surface area contributed by atoms with Crippen molar-refractivity contribution >= 4 is 22.9 Å². The van der Waals surface area contributed by atoms with E-state index in [0.717, 1.165) is 45.3 Å². The Morgan fingerprint density at radius 3 is 2.37 bits per heavy atom. The van der Waals surface area contributed by atoms with Crippen molar-refractivity contribution in [2.24, 2.45) is 16.8 Å². The zero-order chi connectivity index (χ0) is 21.5. The number of hydrogen-bond donors (Lipinski definition) is 0. The largest absolute Gasteiger partial charge is 0.388 e. The lowest BCUT2D eigenvalue weighted by atomic mass is 9.89. The van der Waals surface area contributed by atoms with Crippen molar-refractivity contribution < 1.29 is 9.53 Å². The maximum absolute atomic E-state index is 11.4. The Labute approximate surface area is 177 Å². The van der Waals surface area contributed by atoms with Gasteiger partial charge in [0.2, 0.25) is 0 Å². The van der Waals surface area contributed by atoms with Crippen LogP contribution in [0.4, 0.5) is 0 Å². The van der Waals surface area contributed by atoms with Gasteiger partial charge in [0.1, 0.15) is 6.29 Å². The normalized spacial score (nSPS) is 14.0. The number of nitrogens with zero attached hydrogens (tertiary/aromatic N) is 3. The average Bonchev–Trinajstić information content (AvgIpc) is 3.24. The molecule has 1 aliphatic heterocycles. The van der Waals surface area contributed by atoms with E-state index in [0.29, 0.717) is 6.54 Å². The van der Waals surface area contributed by atoms with Crippen molar-refractivity contribution in [3.63, 3.8) is 0 Å². The van der Waals surface area contributed by atoms with Crippen LogP contribution in [0.25, 0.3) is 22.2 Å². The maximum Gasteiger partial charge on any atom is 0.127 e. The highest BCUT2D eigenvalue weighted by Gasteiger charge is 2.21. The molecule has 30 heavy (non-hydrogen) atoms. The second kappa shape index (κ2) is 10.0. The number of allylic oxidation sites excluding steroid dienone is 1. The van der Waals surface area contributed by atoms with Crippen LogP contribution in [0.5, 0.6) is 0 Å². The molecule has 0 fully saturated rings. The highest BCUT2D eigenvalue weighted by Crippen LogP contribution is 2.26. The van der Waals surface area contributed by atoms with Crippen LogP contribution in [-0.4, -0.2) is 43.0 Å². The van der Waals surface area contributed by atoms with Crippen LogP contribution in [0.2, 0.25) is 0 Å². The summed E-state index contributed by atoms with van der Waals surface area (Å²) < 4.78 is 4.25. The Bertz CT molecular complexity index is 1070. The van der Waals surface area contributed by atoms with Crippen molar-refractivity contribution in [2.45, 2.75) is 13.8 Å². The molecule has 154 valence electrons. The first kappa shape index (κ1) is 21.5. The van der Waals surface area contributed by atoms with Gasteiger partial charge >= 0.3 is 0 Å². The van der Waals surface area contributed by atoms with Crippen LogP contribution in [-0.2, 0) is 9.53 Å². The number of hydrogen-bond acceptors (Lipinski definition) is 5. The lowest BCUT2D eigenvalue weighted by molar-refractivity contribution is -0.111. The summed E-state index contributed by atoms with van der Waals surface area (Å²) in [6, 6.07) is 18.2. The summed E-state index contributed by atoms with van der Waals surface area (Å²) in [6.45, 7) is 4.73. The van der Waals surface area contributed by atoms with Gasteiger partial charge in [-0.3, -0.25) is 4.99 Å². The highest BCUT2D eigenvalue weighted by atomic mass is 16.4. The second-order valence-corrected chi connectivity index (χ2v) is 7.60. The molecule has 0 spiro atoms. The zero-order valence-corrected chi connectivity index (χ0v) is 17.9. The number of carbonyl (C=O) groups is 1. The summed E-state index contributed by atoms with van der Waals surface area (Å²) in [5, 5.41) is 9.72. The van der Waals surface area contributed by atoms with Crippen LogP contribution >= 0.6 is 0 Å². The third kappa shape index (κ3) is 4.86. The summed E-state index contributed by atoms with van der Waals surface area (Å²) in [5.74, 6) is 0.214. The SMILES string of the molecule is CC(C)C(C=O)C1=CC(c2ccc3nnc(-c4ccccc4)cc3c2)=NC1.COC. The summed E-state index contributed by atoms with van der Waals surface area (Å²) in [7, 11) is 3.25. The smallest absolute Gasteiger partial charge is 0.127 e. The molecule has 0 saturated heterocycles. The minimum Gasteiger partial charge on any atom is -0.388 e. The lowest BCUT2D eigenvalue weighted by Crippen LogP contribution is -2.14. The molecule has 1 aromatic heterocycles. The molecule has 1 atom stereocenters. The van der Waals surface area contributed by atoms with E-state index in [1.807, 2.05) is 42.5 Å². The Morgan fingerprint density at radius 1 is 0.967 bits per heavy atom.